The van der Waals surface area contributed by atoms with E-state index in [0.717, 1.165) is 0 Å². The first-order valence-corrected chi connectivity index (χ1v) is 12.8. The van der Waals surface area contributed by atoms with Crippen LogP contribution in [0.5, 0.6) is 5.75 Å². The molecule has 0 bridgehead atoms. The molecule has 208 valence electrons. The van der Waals surface area contributed by atoms with Crippen LogP contribution in [0.3, 0.4) is 0 Å². The highest BCUT2D eigenvalue weighted by Crippen LogP contribution is 2.33. The van der Waals surface area contributed by atoms with Gasteiger partial charge in [0.05, 0.1) is 25.8 Å². The lowest BCUT2D eigenvalue weighted by atomic mass is 10.1. The number of allylic oxidation sites excluding steroid dienone is 1. The number of anilines is 1. The lowest BCUT2D eigenvalue weighted by Gasteiger charge is -2.29. The zero-order valence-corrected chi connectivity index (χ0v) is 22.4. The number of methoxy groups -OCH3 is 1. The van der Waals surface area contributed by atoms with Gasteiger partial charge in [-0.2, -0.15) is 15.0 Å². The largest absolute Gasteiger partial charge is 0.494 e. The molecule has 1 saturated heterocycles. The number of carbonyl (C=O) groups excluding carboxylic acids is 1. The number of rotatable bonds is 5. The summed E-state index contributed by atoms with van der Waals surface area (Å²) in [4.78, 5) is 34.3. The first-order chi connectivity index (χ1) is 18.6. The number of aromatic nitrogens is 5. The molecule has 5 rings (SSSR count). The molecule has 0 saturated carbocycles. The van der Waals surface area contributed by atoms with E-state index in [-0.39, 0.29) is 11.5 Å². The van der Waals surface area contributed by atoms with E-state index in [9.17, 15) is 13.6 Å². The van der Waals surface area contributed by atoms with Crippen molar-refractivity contribution in [1.82, 2.24) is 29.4 Å². The second-order valence-electron chi connectivity index (χ2n) is 10.2. The van der Waals surface area contributed by atoms with Crippen LogP contribution in [0.4, 0.5) is 19.5 Å². The highest BCUT2D eigenvalue weighted by molar-refractivity contribution is 5.84. The van der Waals surface area contributed by atoms with Gasteiger partial charge in [-0.25, -0.2) is 18.6 Å². The van der Waals surface area contributed by atoms with Crippen molar-refractivity contribution < 1.29 is 27.8 Å². The Morgan fingerprint density at radius 2 is 1.79 bits per heavy atom. The van der Waals surface area contributed by atoms with Crippen LogP contribution in [-0.4, -0.2) is 81.1 Å². The molecule has 0 N–H and O–H groups in total. The number of imidazole rings is 1. The minimum atomic E-state index is -2.90. The number of ether oxygens (including phenoxy) is 3. The van der Waals surface area contributed by atoms with E-state index in [0.29, 0.717) is 74.3 Å². The highest BCUT2D eigenvalue weighted by atomic mass is 19.3. The van der Waals surface area contributed by atoms with Crippen LogP contribution in [0, 0.1) is 0 Å². The van der Waals surface area contributed by atoms with Crippen LogP contribution >= 0.6 is 0 Å². The zero-order chi connectivity index (χ0) is 27.7. The van der Waals surface area contributed by atoms with Crippen molar-refractivity contribution in [2.45, 2.75) is 45.6 Å². The number of carbonyl (C=O) groups is 1. The fourth-order valence-corrected chi connectivity index (χ4v) is 4.51. The van der Waals surface area contributed by atoms with Gasteiger partial charge in [0.2, 0.25) is 11.9 Å². The van der Waals surface area contributed by atoms with Crippen LogP contribution in [0.1, 0.15) is 51.7 Å². The van der Waals surface area contributed by atoms with E-state index in [1.54, 1.807) is 45.2 Å². The molecular weight excluding hydrogens is 512 g/mol. The maximum absolute atomic E-state index is 14.3. The maximum atomic E-state index is 14.3. The Balaban J connectivity index is 1.65. The number of hydrogen-bond acceptors (Lipinski definition) is 9. The Labute approximate surface area is 224 Å². The lowest BCUT2D eigenvalue weighted by Crippen LogP contribution is -2.38. The van der Waals surface area contributed by atoms with Gasteiger partial charge in [0.1, 0.15) is 16.9 Å². The number of amides is 1. The summed E-state index contributed by atoms with van der Waals surface area (Å²) in [7, 11) is 1.46. The van der Waals surface area contributed by atoms with Crippen molar-refractivity contribution in [3.8, 4) is 11.7 Å². The number of halogens is 2. The van der Waals surface area contributed by atoms with Crippen LogP contribution < -0.4 is 9.64 Å². The lowest BCUT2D eigenvalue weighted by molar-refractivity contribution is 0.0329. The molecular formula is C26H31F2N7O4. The van der Waals surface area contributed by atoms with Crippen molar-refractivity contribution in [1.29, 1.82) is 0 Å². The number of hydrogen-bond donors (Lipinski definition) is 0. The molecule has 13 heteroatoms. The van der Waals surface area contributed by atoms with Gasteiger partial charge in [-0.1, -0.05) is 6.07 Å². The van der Waals surface area contributed by atoms with Crippen LogP contribution in [0.15, 0.2) is 24.4 Å². The minimum Gasteiger partial charge on any atom is -0.494 e. The molecule has 0 atom stereocenters. The average molecular weight is 544 g/mol. The normalized spacial score (nSPS) is 16.5. The molecule has 2 aromatic heterocycles. The zero-order valence-electron chi connectivity index (χ0n) is 22.4. The molecule has 0 radical (unpaired) electrons. The van der Waals surface area contributed by atoms with Gasteiger partial charge in [-0.15, -0.1) is 0 Å². The summed E-state index contributed by atoms with van der Waals surface area (Å²) in [6, 6.07) is 5.02. The number of nitrogens with zero attached hydrogens (tertiary/aromatic N) is 7. The molecule has 1 aromatic carbocycles. The fraction of sp³-hybridized carbons (Fsp3) is 0.500. The Kier molecular flexibility index (Phi) is 7.34. The van der Waals surface area contributed by atoms with Crippen molar-refractivity contribution in [3.63, 3.8) is 0 Å². The SMILES string of the molecule is COc1cccc2c1nc(C(F)F)n2-c1nc(C2=CN(C(=O)OC(C)(C)C)CCC2)nc(N2CCOCC2)n1. The van der Waals surface area contributed by atoms with Gasteiger partial charge in [-0.05, 0) is 45.7 Å². The highest BCUT2D eigenvalue weighted by Gasteiger charge is 2.28. The maximum Gasteiger partial charge on any atom is 0.414 e. The third-order valence-electron chi connectivity index (χ3n) is 6.27. The molecule has 0 unspecified atom stereocenters. The Bertz CT molecular complexity index is 1400. The average Bonchev–Trinajstić information content (AvgIpc) is 3.33. The molecule has 39 heavy (non-hydrogen) atoms. The molecule has 1 fully saturated rings. The summed E-state index contributed by atoms with van der Waals surface area (Å²) in [5.41, 5.74) is 0.675. The van der Waals surface area contributed by atoms with E-state index in [2.05, 4.69) is 15.0 Å². The first-order valence-electron chi connectivity index (χ1n) is 12.8. The van der Waals surface area contributed by atoms with Gasteiger partial charge in [0.25, 0.3) is 6.43 Å². The predicted octanol–water partition coefficient (Wildman–Crippen LogP) is 4.37. The molecule has 4 heterocycles. The number of benzene rings is 1. The predicted molar refractivity (Wildman–Crippen MR) is 139 cm³/mol. The second-order valence-corrected chi connectivity index (χ2v) is 10.2. The van der Waals surface area contributed by atoms with Gasteiger partial charge in [0, 0.05) is 31.4 Å². The van der Waals surface area contributed by atoms with E-state index in [1.807, 2.05) is 4.90 Å². The standard InChI is InChI=1S/C26H31F2N7O4/c1-26(2,3)39-25(36)34-10-6-7-16(15-34)21-30-23(33-11-13-38-14-12-33)32-24(31-21)35-17-8-5-9-18(37-4)19(17)29-22(35)20(27)28/h5,8-9,15,20H,6-7,10-14H2,1-4H3. The van der Waals surface area contributed by atoms with Gasteiger partial charge in [-0.3, -0.25) is 9.47 Å². The van der Waals surface area contributed by atoms with E-state index in [4.69, 9.17) is 19.2 Å². The molecule has 0 spiro atoms. The third-order valence-corrected chi connectivity index (χ3v) is 6.27. The number of morpholine rings is 1. The van der Waals surface area contributed by atoms with E-state index < -0.39 is 23.9 Å². The van der Waals surface area contributed by atoms with Gasteiger partial charge < -0.3 is 19.1 Å². The van der Waals surface area contributed by atoms with Crippen LogP contribution in [0.2, 0.25) is 0 Å². The van der Waals surface area contributed by atoms with Crippen LogP contribution in [-0.2, 0) is 9.47 Å². The molecule has 2 aliphatic heterocycles. The number of fused-ring (bicyclic) bond motifs is 1. The van der Waals surface area contributed by atoms with E-state index in [1.165, 1.54) is 16.6 Å². The Morgan fingerprint density at radius 1 is 1.05 bits per heavy atom. The first kappa shape index (κ1) is 26.7. The fourth-order valence-electron chi connectivity index (χ4n) is 4.51. The van der Waals surface area contributed by atoms with Crippen LogP contribution in [0.25, 0.3) is 22.6 Å². The molecule has 0 aliphatic carbocycles. The van der Waals surface area contributed by atoms with Crippen molar-refractivity contribution in [2.24, 2.45) is 0 Å². The quantitative estimate of drug-likeness (QED) is 0.464. The second kappa shape index (κ2) is 10.7. The smallest absolute Gasteiger partial charge is 0.414 e. The summed E-state index contributed by atoms with van der Waals surface area (Å²) in [6.45, 7) is 7.93. The third kappa shape index (κ3) is 5.63. The summed E-state index contributed by atoms with van der Waals surface area (Å²) in [5.74, 6) is 0.479. The van der Waals surface area contributed by atoms with Crippen molar-refractivity contribution >= 4 is 28.6 Å². The van der Waals surface area contributed by atoms with Crippen molar-refractivity contribution in [3.05, 3.63) is 36.0 Å². The molecule has 1 amide bonds. The van der Waals surface area contributed by atoms with Gasteiger partial charge in [0.15, 0.2) is 11.6 Å². The van der Waals surface area contributed by atoms with E-state index >= 15 is 0 Å². The molecule has 11 nitrogen and oxygen atoms in total. The summed E-state index contributed by atoms with van der Waals surface area (Å²) < 4.78 is 46.2. The Hall–Kier alpha value is -3.87. The minimum absolute atomic E-state index is 0.00263. The van der Waals surface area contributed by atoms with Crippen molar-refractivity contribution in [2.75, 3.05) is 44.9 Å². The Morgan fingerprint density at radius 3 is 2.49 bits per heavy atom. The summed E-state index contributed by atoms with van der Waals surface area (Å²) in [5, 5.41) is 0. The summed E-state index contributed by atoms with van der Waals surface area (Å²) in [6.07, 6.45) is -0.457. The van der Waals surface area contributed by atoms with Gasteiger partial charge >= 0.3 is 6.09 Å². The number of para-hydroxylation sites is 1. The monoisotopic (exact) mass is 543 g/mol. The molecule has 2 aliphatic rings. The topological polar surface area (TPSA) is 108 Å². The summed E-state index contributed by atoms with van der Waals surface area (Å²) >= 11 is 0. The number of alkyl halides is 2. The molecule has 3 aromatic rings.